The Hall–Kier alpha value is -4.23. The molecule has 292 valence electrons. The molecule has 1 saturated heterocycles. The molecular formula is C41H54N4O8S. The SMILES string of the molecule is C=C[C@@H]1C[C@]1(NC(=O)[C@@H]1C[C@@](OC)(c2ccc(-c3ccc(C)c(C)c3)cc2)CN1C(=O)[C@@H](NC(=O)OC1CCCC1)C(C)(C)C)C(=O)NS(=O)(=O)C1CC1. The number of hydrogen-bond donors (Lipinski definition) is 3. The third kappa shape index (κ3) is 7.93. The van der Waals surface area contributed by atoms with Crippen molar-refractivity contribution in [3.05, 3.63) is 71.8 Å². The molecule has 3 saturated carbocycles. The number of sulfonamides is 1. The summed E-state index contributed by atoms with van der Waals surface area (Å²) in [5, 5.41) is 5.02. The monoisotopic (exact) mass is 762 g/mol. The summed E-state index contributed by atoms with van der Waals surface area (Å²) in [6.07, 6.45) is 5.18. The Morgan fingerprint density at radius 1 is 0.944 bits per heavy atom. The fourth-order valence-electron chi connectivity index (χ4n) is 7.84. The highest BCUT2D eigenvalue weighted by atomic mass is 32.2. The fourth-order valence-corrected chi connectivity index (χ4v) is 9.21. The molecule has 0 unspecified atom stereocenters. The van der Waals surface area contributed by atoms with Gasteiger partial charge in [-0.1, -0.05) is 69.3 Å². The average Bonchev–Trinajstić information content (AvgIpc) is 4.01. The molecule has 0 bridgehead atoms. The van der Waals surface area contributed by atoms with Gasteiger partial charge in [-0.25, -0.2) is 13.2 Å². The molecule has 1 heterocycles. The van der Waals surface area contributed by atoms with Gasteiger partial charge in [-0.3, -0.25) is 19.1 Å². The maximum Gasteiger partial charge on any atom is 0.408 e. The Labute approximate surface area is 318 Å². The molecule has 0 radical (unpaired) electrons. The molecule has 5 atom stereocenters. The van der Waals surface area contributed by atoms with Gasteiger partial charge in [0.2, 0.25) is 21.8 Å². The summed E-state index contributed by atoms with van der Waals surface area (Å²) in [6, 6.07) is 11.9. The summed E-state index contributed by atoms with van der Waals surface area (Å²) < 4.78 is 39.6. The summed E-state index contributed by atoms with van der Waals surface area (Å²) in [5.41, 5.74) is 1.67. The van der Waals surface area contributed by atoms with Crippen LogP contribution in [0.4, 0.5) is 4.79 Å². The maximum atomic E-state index is 14.8. The Balaban J connectivity index is 1.32. The van der Waals surface area contributed by atoms with E-state index < -0.39 is 73.6 Å². The molecule has 6 rings (SSSR count). The van der Waals surface area contributed by atoms with Crippen molar-refractivity contribution < 1.29 is 37.1 Å². The van der Waals surface area contributed by atoms with E-state index in [0.29, 0.717) is 12.8 Å². The van der Waals surface area contributed by atoms with Gasteiger partial charge in [0.1, 0.15) is 29.3 Å². The first-order valence-electron chi connectivity index (χ1n) is 18.9. The normalized spacial score (nSPS) is 26.1. The van der Waals surface area contributed by atoms with E-state index in [9.17, 15) is 27.6 Å². The van der Waals surface area contributed by atoms with Gasteiger partial charge < -0.3 is 25.0 Å². The molecule has 1 aliphatic heterocycles. The highest BCUT2D eigenvalue weighted by Crippen LogP contribution is 2.47. The van der Waals surface area contributed by atoms with E-state index in [4.69, 9.17) is 9.47 Å². The standard InChI is InChI=1S/C41H54N4O8S/c1-8-29-22-41(29,37(48)44-54(50,51)32-19-20-32)43-35(46)33-23-40(52-7,30-17-15-27(16-18-30)28-14-13-25(2)26(3)21-28)24-45(33)36(47)34(39(4,5)6)42-38(49)53-31-11-9-10-12-31/h8,13-18,21,29,31-34H,1,9-12,19-20,22-24H2,2-7H3,(H,42,49)(H,43,46)(H,44,48)/t29-,33+,34-,40+,41-/m1/s1. The third-order valence-corrected chi connectivity index (χ3v) is 13.6. The number of methoxy groups -OCH3 is 1. The van der Waals surface area contributed by atoms with E-state index in [-0.39, 0.29) is 25.5 Å². The maximum absolute atomic E-state index is 14.8. The summed E-state index contributed by atoms with van der Waals surface area (Å²) >= 11 is 0. The number of rotatable bonds is 12. The highest BCUT2D eigenvalue weighted by molar-refractivity contribution is 7.91. The van der Waals surface area contributed by atoms with Crippen LogP contribution in [0.2, 0.25) is 0 Å². The lowest BCUT2D eigenvalue weighted by Gasteiger charge is -2.36. The number of carbonyl (C=O) groups excluding carboxylic acids is 4. The number of alkyl carbamates (subject to hydrolysis) is 1. The van der Waals surface area contributed by atoms with Crippen LogP contribution in [-0.2, 0) is 39.5 Å². The van der Waals surface area contributed by atoms with E-state index in [1.807, 2.05) is 45.0 Å². The second kappa shape index (κ2) is 14.8. The van der Waals surface area contributed by atoms with Crippen molar-refractivity contribution in [2.75, 3.05) is 13.7 Å². The van der Waals surface area contributed by atoms with Crippen LogP contribution in [0, 0.1) is 25.2 Å². The minimum Gasteiger partial charge on any atom is -0.446 e. The summed E-state index contributed by atoms with van der Waals surface area (Å²) in [4.78, 5) is 57.5. The summed E-state index contributed by atoms with van der Waals surface area (Å²) in [6.45, 7) is 13.4. The van der Waals surface area contributed by atoms with Crippen LogP contribution in [0.25, 0.3) is 11.1 Å². The lowest BCUT2D eigenvalue weighted by atomic mass is 9.85. The van der Waals surface area contributed by atoms with Gasteiger partial charge in [0.05, 0.1) is 11.8 Å². The molecule has 3 N–H and O–H groups in total. The van der Waals surface area contributed by atoms with Crippen molar-refractivity contribution in [1.29, 1.82) is 0 Å². The van der Waals surface area contributed by atoms with Gasteiger partial charge >= 0.3 is 6.09 Å². The fraction of sp³-hybridized carbons (Fsp3) is 0.561. The number of likely N-dealkylation sites (tertiary alicyclic amines) is 1. The number of benzene rings is 2. The van der Waals surface area contributed by atoms with Crippen molar-refractivity contribution in [1.82, 2.24) is 20.3 Å². The second-order valence-electron chi connectivity index (χ2n) is 16.7. The summed E-state index contributed by atoms with van der Waals surface area (Å²) in [5.74, 6) is -2.49. The van der Waals surface area contributed by atoms with Crippen LogP contribution in [0.3, 0.4) is 0 Å². The third-order valence-electron chi connectivity index (χ3n) is 11.8. The predicted molar refractivity (Wildman–Crippen MR) is 205 cm³/mol. The number of ether oxygens (including phenoxy) is 2. The van der Waals surface area contributed by atoms with Gasteiger partial charge in [0.15, 0.2) is 0 Å². The lowest BCUT2D eigenvalue weighted by Crippen LogP contribution is -2.60. The lowest BCUT2D eigenvalue weighted by molar-refractivity contribution is -0.143. The van der Waals surface area contributed by atoms with E-state index in [1.54, 1.807) is 0 Å². The van der Waals surface area contributed by atoms with Crippen molar-refractivity contribution in [3.8, 4) is 11.1 Å². The van der Waals surface area contributed by atoms with E-state index >= 15 is 0 Å². The van der Waals surface area contributed by atoms with Crippen LogP contribution < -0.4 is 15.4 Å². The quantitative estimate of drug-likeness (QED) is 0.250. The van der Waals surface area contributed by atoms with Crippen LogP contribution in [0.1, 0.15) is 88.8 Å². The number of nitrogens with one attached hydrogen (secondary N) is 3. The zero-order valence-electron chi connectivity index (χ0n) is 32.2. The molecular weight excluding hydrogens is 709 g/mol. The Kier molecular flexibility index (Phi) is 10.8. The van der Waals surface area contributed by atoms with Crippen LogP contribution in [0.15, 0.2) is 55.1 Å². The van der Waals surface area contributed by atoms with Crippen molar-refractivity contribution >= 4 is 33.8 Å². The van der Waals surface area contributed by atoms with Crippen LogP contribution in [0.5, 0.6) is 0 Å². The molecule has 4 amide bonds. The smallest absolute Gasteiger partial charge is 0.408 e. The van der Waals surface area contributed by atoms with Gasteiger partial charge in [0.25, 0.3) is 5.91 Å². The molecule has 4 fully saturated rings. The zero-order valence-corrected chi connectivity index (χ0v) is 33.0. The van der Waals surface area contributed by atoms with Gasteiger partial charge in [-0.05, 0) is 92.0 Å². The van der Waals surface area contributed by atoms with Gasteiger partial charge in [0, 0.05) is 19.4 Å². The molecule has 0 aromatic heterocycles. The molecule has 4 aliphatic rings. The topological polar surface area (TPSA) is 160 Å². The number of carbonyl (C=O) groups is 4. The Morgan fingerprint density at radius 2 is 1.59 bits per heavy atom. The second-order valence-corrected chi connectivity index (χ2v) is 18.7. The molecule has 2 aromatic rings. The van der Waals surface area contributed by atoms with Gasteiger partial charge in [-0.15, -0.1) is 6.58 Å². The van der Waals surface area contributed by atoms with Crippen molar-refractivity contribution in [2.45, 2.75) is 121 Å². The number of nitrogens with zero attached hydrogens (tertiary/aromatic N) is 1. The Bertz CT molecular complexity index is 1910. The number of amides is 4. The minimum absolute atomic E-state index is 0.0320. The zero-order chi connectivity index (χ0) is 39.2. The number of aryl methyl sites for hydroxylation is 2. The molecule has 0 spiro atoms. The summed E-state index contributed by atoms with van der Waals surface area (Å²) in [7, 11) is -2.36. The molecule has 12 nitrogen and oxygen atoms in total. The molecule has 54 heavy (non-hydrogen) atoms. The van der Waals surface area contributed by atoms with Gasteiger partial charge in [-0.2, -0.15) is 0 Å². The highest BCUT2D eigenvalue weighted by Gasteiger charge is 2.62. The predicted octanol–water partition coefficient (Wildman–Crippen LogP) is 5.17. The minimum atomic E-state index is -3.90. The first-order chi connectivity index (χ1) is 25.4. The number of hydrogen-bond acceptors (Lipinski definition) is 8. The first kappa shape index (κ1) is 39.5. The van der Waals surface area contributed by atoms with E-state index in [1.165, 1.54) is 29.2 Å². The average molecular weight is 763 g/mol. The Morgan fingerprint density at radius 3 is 2.15 bits per heavy atom. The van der Waals surface area contributed by atoms with Crippen LogP contribution >= 0.6 is 0 Å². The van der Waals surface area contributed by atoms with Crippen molar-refractivity contribution in [3.63, 3.8) is 0 Å². The molecule has 13 heteroatoms. The van der Waals surface area contributed by atoms with E-state index in [2.05, 4.69) is 54.0 Å². The van der Waals surface area contributed by atoms with Crippen LogP contribution in [-0.4, -0.2) is 79.8 Å². The molecule has 2 aromatic carbocycles. The van der Waals surface area contributed by atoms with Crippen molar-refractivity contribution in [2.24, 2.45) is 11.3 Å². The molecule has 3 aliphatic carbocycles. The van der Waals surface area contributed by atoms with E-state index in [0.717, 1.165) is 42.4 Å². The largest absolute Gasteiger partial charge is 0.446 e. The first-order valence-corrected chi connectivity index (χ1v) is 20.5.